The molecule has 0 aliphatic carbocycles. The third-order valence-electron chi connectivity index (χ3n) is 3.56. The summed E-state index contributed by atoms with van der Waals surface area (Å²) < 4.78 is 28.6. The summed E-state index contributed by atoms with van der Waals surface area (Å²) in [6, 6.07) is -0.000169. The molecule has 10 heteroatoms. The minimum absolute atomic E-state index is 0. The van der Waals surface area contributed by atoms with Crippen molar-refractivity contribution in [2.45, 2.75) is 30.8 Å². The van der Waals surface area contributed by atoms with Gasteiger partial charge in [0.2, 0.25) is 10.0 Å². The Labute approximate surface area is 135 Å². The molecule has 2 atom stereocenters. The highest BCUT2D eigenvalue weighted by atomic mass is 35.5. The first kappa shape index (κ1) is 18.9. The number of hydrogen-bond donors (Lipinski definition) is 1. The van der Waals surface area contributed by atoms with Gasteiger partial charge in [-0.2, -0.15) is 4.31 Å². The third kappa shape index (κ3) is 3.27. The summed E-state index contributed by atoms with van der Waals surface area (Å²) >= 11 is 0. The van der Waals surface area contributed by atoms with Crippen LogP contribution in [0.2, 0.25) is 0 Å². The molecule has 1 fully saturated rings. The molecule has 2 unspecified atom stereocenters. The Morgan fingerprint density at radius 1 is 1.14 bits per heavy atom. The zero-order chi connectivity index (χ0) is 15.9. The highest BCUT2D eigenvalue weighted by Gasteiger charge is 2.33. The SMILES string of the molecule is CC1CN(S(=O)(=O)c2cn(C)c(=O)n(C)c2=O)CC(C)N1.Cl. The van der Waals surface area contributed by atoms with Crippen molar-refractivity contribution >= 4 is 22.4 Å². The Morgan fingerprint density at radius 3 is 2.14 bits per heavy atom. The molecule has 1 saturated heterocycles. The molecule has 1 N–H and O–H groups in total. The number of piperazine rings is 1. The highest BCUT2D eigenvalue weighted by Crippen LogP contribution is 2.15. The Kier molecular flexibility index (Phi) is 5.61. The molecule has 1 aromatic heterocycles. The molecule has 1 aromatic rings. The molecular weight excluding hydrogens is 332 g/mol. The van der Waals surface area contributed by atoms with Gasteiger partial charge < -0.3 is 9.88 Å². The van der Waals surface area contributed by atoms with E-state index < -0.39 is 21.3 Å². The van der Waals surface area contributed by atoms with Gasteiger partial charge in [-0.1, -0.05) is 0 Å². The van der Waals surface area contributed by atoms with E-state index in [9.17, 15) is 18.0 Å². The summed E-state index contributed by atoms with van der Waals surface area (Å²) in [7, 11) is -1.23. The van der Waals surface area contributed by atoms with Gasteiger partial charge in [-0.3, -0.25) is 9.36 Å². The second-order valence-electron chi connectivity index (χ2n) is 5.54. The molecule has 1 aliphatic heterocycles. The highest BCUT2D eigenvalue weighted by molar-refractivity contribution is 7.89. The number of rotatable bonds is 2. The van der Waals surface area contributed by atoms with Crippen molar-refractivity contribution < 1.29 is 8.42 Å². The van der Waals surface area contributed by atoms with Crippen LogP contribution in [-0.2, 0) is 24.1 Å². The number of aryl methyl sites for hydroxylation is 1. The molecule has 22 heavy (non-hydrogen) atoms. The first-order valence-corrected chi connectivity index (χ1v) is 8.11. The standard InChI is InChI=1S/C12H20N4O4S.ClH/c1-8-5-16(6-9(2)13-8)21(19,20)10-7-14(3)12(18)15(4)11(10)17;/h7-9,13H,5-6H2,1-4H3;1H. The fourth-order valence-corrected chi connectivity index (χ4v) is 4.33. The quantitative estimate of drug-likeness (QED) is 0.727. The van der Waals surface area contributed by atoms with E-state index in [1.54, 1.807) is 0 Å². The maximum absolute atomic E-state index is 12.7. The molecule has 126 valence electrons. The van der Waals surface area contributed by atoms with Crippen molar-refractivity contribution in [3.8, 4) is 0 Å². The smallest absolute Gasteiger partial charge is 0.309 e. The van der Waals surface area contributed by atoms with Crippen LogP contribution in [0.15, 0.2) is 20.7 Å². The lowest BCUT2D eigenvalue weighted by molar-refractivity contribution is 0.262. The van der Waals surface area contributed by atoms with Crippen molar-refractivity contribution in [3.63, 3.8) is 0 Å². The minimum atomic E-state index is -3.92. The van der Waals surface area contributed by atoms with Crippen molar-refractivity contribution in [1.82, 2.24) is 18.8 Å². The van der Waals surface area contributed by atoms with E-state index in [4.69, 9.17) is 0 Å². The number of halogens is 1. The normalized spacial score (nSPS) is 23.1. The van der Waals surface area contributed by atoms with Crippen LogP contribution in [0.3, 0.4) is 0 Å². The lowest BCUT2D eigenvalue weighted by Gasteiger charge is -2.35. The second kappa shape index (κ2) is 6.53. The molecule has 0 bridgehead atoms. The molecule has 0 saturated carbocycles. The van der Waals surface area contributed by atoms with Gasteiger partial charge in [-0.15, -0.1) is 12.4 Å². The maximum Gasteiger partial charge on any atom is 0.330 e. The van der Waals surface area contributed by atoms with Gasteiger partial charge in [-0.05, 0) is 13.8 Å². The number of nitrogens with one attached hydrogen (secondary N) is 1. The average Bonchev–Trinajstić information content (AvgIpc) is 2.39. The lowest BCUT2D eigenvalue weighted by atomic mass is 10.2. The topological polar surface area (TPSA) is 93.4 Å². The van der Waals surface area contributed by atoms with E-state index in [1.165, 1.54) is 18.4 Å². The van der Waals surface area contributed by atoms with E-state index in [0.717, 1.165) is 15.3 Å². The van der Waals surface area contributed by atoms with E-state index in [1.807, 2.05) is 13.8 Å². The van der Waals surface area contributed by atoms with Crippen molar-refractivity contribution in [3.05, 3.63) is 27.0 Å². The molecular formula is C12H21ClN4O4S. The van der Waals surface area contributed by atoms with Crippen LogP contribution in [0.4, 0.5) is 0 Å². The van der Waals surface area contributed by atoms with Crippen LogP contribution < -0.4 is 16.6 Å². The second-order valence-corrected chi connectivity index (χ2v) is 7.45. The third-order valence-corrected chi connectivity index (χ3v) is 5.37. The van der Waals surface area contributed by atoms with Crippen LogP contribution in [0.25, 0.3) is 0 Å². The van der Waals surface area contributed by atoms with Crippen molar-refractivity contribution in [2.24, 2.45) is 14.1 Å². The van der Waals surface area contributed by atoms with Gasteiger partial charge in [0.1, 0.15) is 0 Å². The predicted molar refractivity (Wildman–Crippen MR) is 85.0 cm³/mol. The van der Waals surface area contributed by atoms with Crippen LogP contribution in [0.5, 0.6) is 0 Å². The number of sulfonamides is 1. The molecule has 0 aromatic carbocycles. The molecule has 0 radical (unpaired) electrons. The maximum atomic E-state index is 12.7. The van der Waals surface area contributed by atoms with Crippen LogP contribution >= 0.6 is 12.4 Å². The Hall–Kier alpha value is -1.16. The van der Waals surface area contributed by atoms with Gasteiger partial charge in [0, 0.05) is 45.5 Å². The number of nitrogens with zero attached hydrogens (tertiary/aromatic N) is 3. The van der Waals surface area contributed by atoms with Gasteiger partial charge in [0.05, 0.1) is 0 Å². The zero-order valence-electron chi connectivity index (χ0n) is 12.9. The van der Waals surface area contributed by atoms with E-state index in [-0.39, 0.29) is 29.4 Å². The molecule has 2 rings (SSSR count). The Balaban J connectivity index is 0.00000242. The zero-order valence-corrected chi connectivity index (χ0v) is 14.6. The number of hydrogen-bond acceptors (Lipinski definition) is 5. The predicted octanol–water partition coefficient (Wildman–Crippen LogP) is -1.12. The summed E-state index contributed by atoms with van der Waals surface area (Å²) in [5, 5.41) is 3.23. The minimum Gasteiger partial charge on any atom is -0.309 e. The average molecular weight is 353 g/mol. The summed E-state index contributed by atoms with van der Waals surface area (Å²) in [6.07, 6.45) is 1.09. The molecule has 0 amide bonds. The Bertz CT molecular complexity index is 760. The summed E-state index contributed by atoms with van der Waals surface area (Å²) in [5.41, 5.74) is -1.35. The van der Waals surface area contributed by atoms with Gasteiger partial charge >= 0.3 is 5.69 Å². The van der Waals surface area contributed by atoms with Gasteiger partial charge in [-0.25, -0.2) is 13.2 Å². The largest absolute Gasteiger partial charge is 0.330 e. The Morgan fingerprint density at radius 2 is 1.64 bits per heavy atom. The van der Waals surface area contributed by atoms with E-state index in [2.05, 4.69) is 5.32 Å². The van der Waals surface area contributed by atoms with Crippen molar-refractivity contribution in [1.29, 1.82) is 0 Å². The molecule has 0 spiro atoms. The van der Waals surface area contributed by atoms with Crippen LogP contribution in [0.1, 0.15) is 13.8 Å². The van der Waals surface area contributed by atoms with E-state index in [0.29, 0.717) is 13.1 Å². The monoisotopic (exact) mass is 352 g/mol. The van der Waals surface area contributed by atoms with Crippen LogP contribution in [0, 0.1) is 0 Å². The summed E-state index contributed by atoms with van der Waals surface area (Å²) in [5.74, 6) is 0. The first-order chi connectivity index (χ1) is 9.64. The summed E-state index contributed by atoms with van der Waals surface area (Å²) in [6.45, 7) is 4.35. The fourth-order valence-electron chi connectivity index (χ4n) is 2.56. The fraction of sp³-hybridized carbons (Fsp3) is 0.667. The van der Waals surface area contributed by atoms with Crippen molar-refractivity contribution in [2.75, 3.05) is 13.1 Å². The van der Waals surface area contributed by atoms with Gasteiger partial charge in [0.25, 0.3) is 5.56 Å². The van der Waals surface area contributed by atoms with Crippen LogP contribution in [-0.4, -0.2) is 47.0 Å². The van der Waals surface area contributed by atoms with E-state index >= 15 is 0 Å². The molecule has 1 aliphatic rings. The first-order valence-electron chi connectivity index (χ1n) is 6.67. The van der Waals surface area contributed by atoms with Gasteiger partial charge in [0.15, 0.2) is 4.90 Å². The molecule has 8 nitrogen and oxygen atoms in total. The summed E-state index contributed by atoms with van der Waals surface area (Å²) in [4.78, 5) is 23.4. The number of aromatic nitrogens is 2. The lowest BCUT2D eigenvalue weighted by Crippen LogP contribution is -2.56. The molecule has 2 heterocycles.